The molecule has 0 saturated carbocycles. The Kier molecular flexibility index (Phi) is 4.12. The quantitative estimate of drug-likeness (QED) is 0.854. The number of halogens is 3. The van der Waals surface area contributed by atoms with E-state index in [0.29, 0.717) is 28.4 Å². The van der Waals surface area contributed by atoms with E-state index in [0.717, 1.165) is 12.1 Å². The average molecular weight is 303 g/mol. The monoisotopic (exact) mass is 303 g/mol. The zero-order valence-electron chi connectivity index (χ0n) is 10.5. The van der Waals surface area contributed by atoms with Crippen molar-refractivity contribution in [2.75, 3.05) is 18.4 Å². The van der Waals surface area contributed by atoms with E-state index in [4.69, 9.17) is 0 Å². The maximum atomic E-state index is 12.6. The lowest BCUT2D eigenvalue weighted by Gasteiger charge is -2.04. The molecule has 8 heteroatoms. The summed E-state index contributed by atoms with van der Waals surface area (Å²) in [5.41, 5.74) is -0.396. The number of nitrogens with one attached hydrogen (secondary N) is 2. The van der Waals surface area contributed by atoms with Crippen LogP contribution >= 0.6 is 11.3 Å². The van der Waals surface area contributed by atoms with Crippen LogP contribution < -0.4 is 10.6 Å². The molecule has 0 fully saturated rings. The second-order valence-electron chi connectivity index (χ2n) is 4.11. The number of anilines is 1. The van der Waals surface area contributed by atoms with Gasteiger partial charge in [0, 0.05) is 20.0 Å². The number of rotatable bonds is 4. The third-order valence-corrected chi connectivity index (χ3v) is 3.48. The molecule has 2 N–H and O–H groups in total. The molecule has 0 aliphatic rings. The Bertz CT molecular complexity index is 624. The summed E-state index contributed by atoms with van der Waals surface area (Å²) in [6.07, 6.45) is -4.36. The highest BCUT2D eigenvalue weighted by Gasteiger charge is 2.30. The summed E-state index contributed by atoms with van der Waals surface area (Å²) in [5.74, 6) is -0.133. The van der Waals surface area contributed by atoms with Crippen LogP contribution in [0, 0.1) is 0 Å². The molecule has 20 heavy (non-hydrogen) atoms. The molecule has 108 valence electrons. The number of benzene rings is 1. The highest BCUT2D eigenvalue weighted by Crippen LogP contribution is 2.33. The Morgan fingerprint density at radius 3 is 2.75 bits per heavy atom. The van der Waals surface area contributed by atoms with Gasteiger partial charge in [-0.15, -0.1) is 0 Å². The molecule has 1 aromatic carbocycles. The minimum absolute atomic E-state index is 0.133. The standard InChI is InChI=1S/C12H12F3N3OS/c1-7(19)16-4-5-17-11-18-9-6-8(12(13,14)15)2-3-10(9)20-11/h2-3,6H,4-5H2,1H3,(H,16,19)(H,17,18). The number of alkyl halides is 3. The van der Waals surface area contributed by atoms with Crippen molar-refractivity contribution in [2.45, 2.75) is 13.1 Å². The summed E-state index contributed by atoms with van der Waals surface area (Å²) in [6.45, 7) is 2.31. The second-order valence-corrected chi connectivity index (χ2v) is 5.14. The number of thiazole rings is 1. The Labute approximate surface area is 117 Å². The SMILES string of the molecule is CC(=O)NCCNc1nc2cc(C(F)(F)F)ccc2s1. The first-order valence-corrected chi connectivity index (χ1v) is 6.64. The summed E-state index contributed by atoms with van der Waals surface area (Å²) >= 11 is 1.27. The number of carbonyl (C=O) groups is 1. The van der Waals surface area contributed by atoms with E-state index in [1.54, 1.807) is 0 Å². The molecule has 0 aliphatic carbocycles. The smallest absolute Gasteiger partial charge is 0.360 e. The summed E-state index contributed by atoms with van der Waals surface area (Å²) in [6, 6.07) is 3.49. The second kappa shape index (κ2) is 5.66. The number of amides is 1. The lowest BCUT2D eigenvalue weighted by molar-refractivity contribution is -0.137. The molecule has 0 atom stereocenters. The van der Waals surface area contributed by atoms with Crippen molar-refractivity contribution in [3.63, 3.8) is 0 Å². The van der Waals surface area contributed by atoms with Crippen LogP contribution in [0.5, 0.6) is 0 Å². The van der Waals surface area contributed by atoms with E-state index in [1.807, 2.05) is 0 Å². The van der Waals surface area contributed by atoms with Crippen LogP contribution in [0.1, 0.15) is 12.5 Å². The van der Waals surface area contributed by atoms with E-state index < -0.39 is 11.7 Å². The maximum absolute atomic E-state index is 12.6. The van der Waals surface area contributed by atoms with Crippen LogP contribution in [0.2, 0.25) is 0 Å². The van der Waals surface area contributed by atoms with Crippen molar-refractivity contribution in [3.8, 4) is 0 Å². The number of nitrogens with zero attached hydrogens (tertiary/aromatic N) is 1. The first kappa shape index (κ1) is 14.6. The van der Waals surface area contributed by atoms with Crippen molar-refractivity contribution in [2.24, 2.45) is 0 Å². The van der Waals surface area contributed by atoms with Crippen LogP contribution in [-0.4, -0.2) is 24.0 Å². The Morgan fingerprint density at radius 2 is 2.10 bits per heavy atom. The van der Waals surface area contributed by atoms with Gasteiger partial charge >= 0.3 is 6.18 Å². The largest absolute Gasteiger partial charge is 0.416 e. The maximum Gasteiger partial charge on any atom is 0.416 e. The molecule has 0 radical (unpaired) electrons. The molecule has 0 aliphatic heterocycles. The Morgan fingerprint density at radius 1 is 1.35 bits per heavy atom. The van der Waals surface area contributed by atoms with Crippen LogP contribution in [0.3, 0.4) is 0 Å². The van der Waals surface area contributed by atoms with Gasteiger partial charge in [-0.1, -0.05) is 11.3 Å². The third-order valence-electron chi connectivity index (χ3n) is 2.49. The van der Waals surface area contributed by atoms with Crippen LogP contribution in [0.4, 0.5) is 18.3 Å². The van der Waals surface area contributed by atoms with Gasteiger partial charge < -0.3 is 10.6 Å². The van der Waals surface area contributed by atoms with E-state index in [-0.39, 0.29) is 5.91 Å². The van der Waals surface area contributed by atoms with Gasteiger partial charge in [-0.05, 0) is 18.2 Å². The molecule has 2 aromatic rings. The van der Waals surface area contributed by atoms with E-state index in [9.17, 15) is 18.0 Å². The molecular formula is C12H12F3N3OS. The zero-order valence-corrected chi connectivity index (χ0v) is 11.4. The van der Waals surface area contributed by atoms with Gasteiger partial charge in [0.25, 0.3) is 0 Å². The van der Waals surface area contributed by atoms with Crippen LogP contribution in [0.15, 0.2) is 18.2 Å². The van der Waals surface area contributed by atoms with E-state index >= 15 is 0 Å². The third kappa shape index (κ3) is 3.60. The van der Waals surface area contributed by atoms with Crippen LogP contribution in [0.25, 0.3) is 10.2 Å². The molecule has 1 aromatic heterocycles. The lowest BCUT2D eigenvalue weighted by atomic mass is 10.2. The van der Waals surface area contributed by atoms with Gasteiger partial charge in [-0.25, -0.2) is 4.98 Å². The number of fused-ring (bicyclic) bond motifs is 1. The van der Waals surface area contributed by atoms with Crippen molar-refractivity contribution in [3.05, 3.63) is 23.8 Å². The van der Waals surface area contributed by atoms with E-state index in [1.165, 1.54) is 24.3 Å². The number of aromatic nitrogens is 1. The number of hydrogen-bond acceptors (Lipinski definition) is 4. The lowest BCUT2D eigenvalue weighted by Crippen LogP contribution is -2.26. The Hall–Kier alpha value is -1.83. The predicted octanol–water partition coefficient (Wildman–Crippen LogP) is 2.86. The first-order chi connectivity index (χ1) is 9.36. The van der Waals surface area contributed by atoms with Gasteiger partial charge in [0.2, 0.25) is 5.91 Å². The fourth-order valence-electron chi connectivity index (χ4n) is 1.59. The molecule has 2 rings (SSSR count). The molecule has 0 saturated heterocycles. The van der Waals surface area contributed by atoms with Crippen molar-refractivity contribution < 1.29 is 18.0 Å². The van der Waals surface area contributed by atoms with Gasteiger partial charge in [0.15, 0.2) is 5.13 Å². The average Bonchev–Trinajstić information content (AvgIpc) is 2.74. The van der Waals surface area contributed by atoms with Crippen molar-refractivity contribution >= 4 is 32.6 Å². The fourth-order valence-corrected chi connectivity index (χ4v) is 2.46. The topological polar surface area (TPSA) is 54.0 Å². The predicted molar refractivity (Wildman–Crippen MR) is 71.8 cm³/mol. The summed E-state index contributed by atoms with van der Waals surface area (Å²) in [5, 5.41) is 6.10. The summed E-state index contributed by atoms with van der Waals surface area (Å²) in [7, 11) is 0. The fraction of sp³-hybridized carbons (Fsp3) is 0.333. The van der Waals surface area contributed by atoms with Gasteiger partial charge in [-0.3, -0.25) is 4.79 Å². The first-order valence-electron chi connectivity index (χ1n) is 5.82. The molecule has 1 heterocycles. The summed E-state index contributed by atoms with van der Waals surface area (Å²) in [4.78, 5) is 14.8. The van der Waals surface area contributed by atoms with Gasteiger partial charge in [-0.2, -0.15) is 13.2 Å². The van der Waals surface area contributed by atoms with Crippen molar-refractivity contribution in [1.82, 2.24) is 10.3 Å². The minimum Gasteiger partial charge on any atom is -0.360 e. The highest BCUT2D eigenvalue weighted by molar-refractivity contribution is 7.22. The minimum atomic E-state index is -4.36. The number of hydrogen-bond donors (Lipinski definition) is 2. The summed E-state index contributed by atoms with van der Waals surface area (Å²) < 4.78 is 38.4. The molecule has 0 unspecified atom stereocenters. The molecular weight excluding hydrogens is 291 g/mol. The van der Waals surface area contributed by atoms with Gasteiger partial charge in [0.1, 0.15) is 0 Å². The number of carbonyl (C=O) groups excluding carboxylic acids is 1. The van der Waals surface area contributed by atoms with Gasteiger partial charge in [0.05, 0.1) is 15.8 Å². The molecule has 0 spiro atoms. The van der Waals surface area contributed by atoms with Crippen LogP contribution in [-0.2, 0) is 11.0 Å². The molecule has 0 bridgehead atoms. The van der Waals surface area contributed by atoms with E-state index in [2.05, 4.69) is 15.6 Å². The molecule has 1 amide bonds. The normalized spacial score (nSPS) is 11.6. The van der Waals surface area contributed by atoms with Crippen molar-refractivity contribution in [1.29, 1.82) is 0 Å². The molecule has 4 nitrogen and oxygen atoms in total. The zero-order chi connectivity index (χ0) is 14.8. The Balaban J connectivity index is 2.07. The highest BCUT2D eigenvalue weighted by atomic mass is 32.1.